The van der Waals surface area contributed by atoms with Crippen molar-refractivity contribution in [3.8, 4) is 0 Å². The molecular weight excluding hydrogens is 189 g/mol. The Balaban J connectivity index is 2.10. The lowest BCUT2D eigenvalue weighted by molar-refractivity contribution is 0.323. The van der Waals surface area contributed by atoms with Gasteiger partial charge in [-0.2, -0.15) is 0 Å². The van der Waals surface area contributed by atoms with E-state index in [1.54, 1.807) is 0 Å². The molecular formula is C13H18FN. The summed E-state index contributed by atoms with van der Waals surface area (Å²) in [5, 5.41) is 3.30. The number of nitrogens with one attached hydrogen (secondary N) is 1. The Morgan fingerprint density at radius 1 is 1.13 bits per heavy atom. The normalized spacial score (nSPS) is 25.5. The van der Waals surface area contributed by atoms with Gasteiger partial charge in [0, 0.05) is 5.69 Å². The van der Waals surface area contributed by atoms with Crippen molar-refractivity contribution in [3.05, 3.63) is 29.3 Å². The van der Waals surface area contributed by atoms with Gasteiger partial charge >= 0.3 is 0 Å². The van der Waals surface area contributed by atoms with E-state index >= 15 is 0 Å². The fourth-order valence-electron chi connectivity index (χ4n) is 2.35. The van der Waals surface area contributed by atoms with Crippen LogP contribution in [0.3, 0.4) is 0 Å². The van der Waals surface area contributed by atoms with Crippen LogP contribution in [0.4, 0.5) is 10.1 Å². The van der Waals surface area contributed by atoms with Crippen molar-refractivity contribution in [2.24, 2.45) is 0 Å². The van der Waals surface area contributed by atoms with Gasteiger partial charge in [-0.1, -0.05) is 6.07 Å². The largest absolute Gasteiger partial charge is 0.379 e. The predicted octanol–water partition coefficient (Wildman–Crippen LogP) is 3.61. The Morgan fingerprint density at radius 2 is 1.80 bits per heavy atom. The molecule has 1 fully saturated rings. The summed E-state index contributed by atoms with van der Waals surface area (Å²) in [5.41, 5.74) is 3.51. The molecule has 1 aliphatic carbocycles. The van der Waals surface area contributed by atoms with E-state index in [1.807, 2.05) is 0 Å². The number of anilines is 1. The van der Waals surface area contributed by atoms with E-state index in [2.05, 4.69) is 37.4 Å². The van der Waals surface area contributed by atoms with Gasteiger partial charge in [-0.3, -0.25) is 0 Å². The molecule has 0 heterocycles. The van der Waals surface area contributed by atoms with Crippen LogP contribution in [0.25, 0.3) is 0 Å². The maximum Gasteiger partial charge on any atom is 0.120 e. The van der Waals surface area contributed by atoms with E-state index in [1.165, 1.54) is 11.1 Å². The summed E-state index contributed by atoms with van der Waals surface area (Å²) in [5.74, 6) is 0. The first-order valence-corrected chi connectivity index (χ1v) is 5.64. The number of hydrogen-bond acceptors (Lipinski definition) is 1. The quantitative estimate of drug-likeness (QED) is 0.781. The Labute approximate surface area is 90.7 Å². The maximum absolute atomic E-state index is 13.4. The van der Waals surface area contributed by atoms with Gasteiger partial charge in [-0.05, 0) is 56.4 Å². The molecule has 0 aromatic heterocycles. The minimum Gasteiger partial charge on any atom is -0.379 e. The second kappa shape index (κ2) is 4.21. The molecule has 2 heteroatoms. The molecule has 0 bridgehead atoms. The SMILES string of the molecule is Cc1cc(C)cc(N[C@@H]2CCC[C@H]2F)c1. The van der Waals surface area contributed by atoms with Crippen molar-refractivity contribution in [1.82, 2.24) is 0 Å². The fourth-order valence-corrected chi connectivity index (χ4v) is 2.35. The van der Waals surface area contributed by atoms with Crippen molar-refractivity contribution in [1.29, 1.82) is 0 Å². The van der Waals surface area contributed by atoms with Crippen LogP contribution in [0, 0.1) is 13.8 Å². The fraction of sp³-hybridized carbons (Fsp3) is 0.538. The zero-order chi connectivity index (χ0) is 10.8. The summed E-state index contributed by atoms with van der Waals surface area (Å²) in [6.07, 6.45) is 1.99. The average molecular weight is 207 g/mol. The van der Waals surface area contributed by atoms with Crippen LogP contribution < -0.4 is 5.32 Å². The summed E-state index contributed by atoms with van der Waals surface area (Å²) in [6, 6.07) is 6.31. The summed E-state index contributed by atoms with van der Waals surface area (Å²) in [6.45, 7) is 4.14. The van der Waals surface area contributed by atoms with Gasteiger partial charge in [0.05, 0.1) is 6.04 Å². The summed E-state index contributed by atoms with van der Waals surface area (Å²) < 4.78 is 13.4. The highest BCUT2D eigenvalue weighted by Crippen LogP contribution is 2.26. The molecule has 0 amide bonds. The highest BCUT2D eigenvalue weighted by atomic mass is 19.1. The Morgan fingerprint density at radius 3 is 2.33 bits per heavy atom. The van der Waals surface area contributed by atoms with Crippen LogP contribution in [0.2, 0.25) is 0 Å². The van der Waals surface area contributed by atoms with Crippen molar-refractivity contribution in [3.63, 3.8) is 0 Å². The Kier molecular flexibility index (Phi) is 2.94. The molecule has 82 valence electrons. The highest BCUT2D eigenvalue weighted by molar-refractivity contribution is 5.49. The van der Waals surface area contributed by atoms with E-state index in [0.29, 0.717) is 6.42 Å². The number of benzene rings is 1. The zero-order valence-electron chi connectivity index (χ0n) is 9.39. The molecule has 0 spiro atoms. The molecule has 0 aliphatic heterocycles. The van der Waals surface area contributed by atoms with E-state index in [4.69, 9.17) is 0 Å². The zero-order valence-corrected chi connectivity index (χ0v) is 9.39. The second-order valence-electron chi connectivity index (χ2n) is 4.57. The molecule has 1 aliphatic rings. The predicted molar refractivity (Wildman–Crippen MR) is 62.1 cm³/mol. The third-order valence-electron chi connectivity index (χ3n) is 3.01. The van der Waals surface area contributed by atoms with Crippen molar-refractivity contribution in [2.45, 2.75) is 45.3 Å². The molecule has 2 atom stereocenters. The molecule has 1 N–H and O–H groups in total. The molecule has 1 aromatic carbocycles. The van der Waals surface area contributed by atoms with E-state index in [0.717, 1.165) is 18.5 Å². The monoisotopic (exact) mass is 207 g/mol. The smallest absolute Gasteiger partial charge is 0.120 e. The minimum atomic E-state index is -0.675. The molecule has 1 aromatic rings. The minimum absolute atomic E-state index is 0.0196. The lowest BCUT2D eigenvalue weighted by atomic mass is 10.1. The van der Waals surface area contributed by atoms with Gasteiger partial charge in [0.1, 0.15) is 6.17 Å². The van der Waals surface area contributed by atoms with E-state index in [-0.39, 0.29) is 6.04 Å². The number of rotatable bonds is 2. The van der Waals surface area contributed by atoms with Crippen LogP contribution in [0.15, 0.2) is 18.2 Å². The average Bonchev–Trinajstić information content (AvgIpc) is 2.50. The summed E-state index contributed by atoms with van der Waals surface area (Å²) in [7, 11) is 0. The molecule has 15 heavy (non-hydrogen) atoms. The molecule has 1 saturated carbocycles. The third-order valence-corrected chi connectivity index (χ3v) is 3.01. The van der Waals surface area contributed by atoms with E-state index in [9.17, 15) is 4.39 Å². The second-order valence-corrected chi connectivity index (χ2v) is 4.57. The summed E-state index contributed by atoms with van der Waals surface area (Å²) >= 11 is 0. The first kappa shape index (κ1) is 10.5. The Hall–Kier alpha value is -1.05. The number of alkyl halides is 1. The van der Waals surface area contributed by atoms with Gasteiger partial charge in [0.2, 0.25) is 0 Å². The van der Waals surface area contributed by atoms with Gasteiger partial charge in [-0.15, -0.1) is 0 Å². The van der Waals surface area contributed by atoms with Crippen LogP contribution in [-0.4, -0.2) is 12.2 Å². The van der Waals surface area contributed by atoms with Crippen molar-refractivity contribution < 1.29 is 4.39 Å². The lowest BCUT2D eigenvalue weighted by Crippen LogP contribution is -2.24. The number of aryl methyl sites for hydroxylation is 2. The molecule has 0 saturated heterocycles. The lowest BCUT2D eigenvalue weighted by Gasteiger charge is -2.17. The molecule has 0 unspecified atom stereocenters. The van der Waals surface area contributed by atoms with E-state index < -0.39 is 6.17 Å². The van der Waals surface area contributed by atoms with Gasteiger partial charge < -0.3 is 5.32 Å². The van der Waals surface area contributed by atoms with Crippen molar-refractivity contribution >= 4 is 5.69 Å². The van der Waals surface area contributed by atoms with Crippen LogP contribution in [0.5, 0.6) is 0 Å². The topological polar surface area (TPSA) is 12.0 Å². The molecule has 2 rings (SSSR count). The van der Waals surface area contributed by atoms with Crippen LogP contribution in [-0.2, 0) is 0 Å². The number of halogens is 1. The molecule has 0 radical (unpaired) electrons. The van der Waals surface area contributed by atoms with Crippen LogP contribution >= 0.6 is 0 Å². The first-order valence-electron chi connectivity index (χ1n) is 5.64. The Bertz CT molecular complexity index is 328. The maximum atomic E-state index is 13.4. The van der Waals surface area contributed by atoms with Gasteiger partial charge in [0.15, 0.2) is 0 Å². The molecule has 1 nitrogen and oxygen atoms in total. The van der Waals surface area contributed by atoms with Gasteiger partial charge in [0.25, 0.3) is 0 Å². The highest BCUT2D eigenvalue weighted by Gasteiger charge is 2.26. The van der Waals surface area contributed by atoms with Gasteiger partial charge in [-0.25, -0.2) is 4.39 Å². The first-order chi connectivity index (χ1) is 7.15. The number of hydrogen-bond donors (Lipinski definition) is 1. The standard InChI is InChI=1S/C13H18FN/c1-9-6-10(2)8-11(7-9)15-13-5-3-4-12(13)14/h6-8,12-13,15H,3-5H2,1-2H3/t12-,13-/m1/s1. The van der Waals surface area contributed by atoms with Crippen LogP contribution in [0.1, 0.15) is 30.4 Å². The van der Waals surface area contributed by atoms with Crippen molar-refractivity contribution in [2.75, 3.05) is 5.32 Å². The third kappa shape index (κ3) is 2.49. The summed E-state index contributed by atoms with van der Waals surface area (Å²) in [4.78, 5) is 0.